The van der Waals surface area contributed by atoms with Gasteiger partial charge in [-0.05, 0) is 6.07 Å². The molecule has 6 nitrogen and oxygen atoms in total. The molecule has 0 amide bonds. The van der Waals surface area contributed by atoms with Crippen molar-refractivity contribution in [3.8, 4) is 0 Å². The molecule has 0 aliphatic rings. The SMILES string of the molecule is CC(C)C(=O)c1sc(NCCc2ncno2)cc1N. The number of nitrogens with zero attached hydrogens (tertiary/aromatic N) is 2. The zero-order valence-corrected chi connectivity index (χ0v) is 11.7. The van der Waals surface area contributed by atoms with Gasteiger partial charge in [0.1, 0.15) is 0 Å². The van der Waals surface area contributed by atoms with Crippen LogP contribution in [0.3, 0.4) is 0 Å². The zero-order chi connectivity index (χ0) is 13.8. The van der Waals surface area contributed by atoms with Crippen LogP contribution >= 0.6 is 11.3 Å². The second-order valence-corrected chi connectivity index (χ2v) is 5.48. The van der Waals surface area contributed by atoms with Crippen molar-refractivity contribution in [3.63, 3.8) is 0 Å². The van der Waals surface area contributed by atoms with Crippen molar-refractivity contribution in [1.82, 2.24) is 10.1 Å². The Morgan fingerprint density at radius 3 is 3.00 bits per heavy atom. The highest BCUT2D eigenvalue weighted by Gasteiger charge is 2.17. The normalized spacial score (nSPS) is 10.9. The third kappa shape index (κ3) is 3.31. The molecule has 0 atom stereocenters. The number of carbonyl (C=O) groups is 1. The predicted molar refractivity (Wildman–Crippen MR) is 74.4 cm³/mol. The first kappa shape index (κ1) is 13.5. The molecule has 7 heteroatoms. The molecule has 0 aromatic carbocycles. The van der Waals surface area contributed by atoms with Crippen molar-refractivity contribution in [2.45, 2.75) is 20.3 Å². The summed E-state index contributed by atoms with van der Waals surface area (Å²) in [6.07, 6.45) is 2.00. The highest BCUT2D eigenvalue weighted by molar-refractivity contribution is 7.18. The van der Waals surface area contributed by atoms with Crippen molar-refractivity contribution < 1.29 is 9.32 Å². The number of hydrogen-bond donors (Lipinski definition) is 2. The van der Waals surface area contributed by atoms with Crippen LogP contribution in [0.25, 0.3) is 0 Å². The lowest BCUT2D eigenvalue weighted by Crippen LogP contribution is -2.07. The lowest BCUT2D eigenvalue weighted by molar-refractivity contribution is 0.0944. The standard InChI is InChI=1S/C12H16N4O2S/c1-7(2)11(17)12-8(13)5-10(19-12)14-4-3-9-15-6-16-18-9/h5-7,14H,3-4,13H2,1-2H3. The van der Waals surface area contributed by atoms with E-state index < -0.39 is 0 Å². The number of aromatic nitrogens is 2. The van der Waals surface area contributed by atoms with Gasteiger partial charge in [0.05, 0.1) is 15.6 Å². The van der Waals surface area contributed by atoms with Crippen LogP contribution in [0.15, 0.2) is 16.9 Å². The van der Waals surface area contributed by atoms with Crippen LogP contribution in [0.1, 0.15) is 29.4 Å². The Balaban J connectivity index is 1.94. The van der Waals surface area contributed by atoms with Crippen molar-refractivity contribution in [1.29, 1.82) is 0 Å². The van der Waals surface area contributed by atoms with E-state index in [1.54, 1.807) is 6.07 Å². The summed E-state index contributed by atoms with van der Waals surface area (Å²) >= 11 is 1.38. The maximum absolute atomic E-state index is 11.9. The number of anilines is 2. The third-order valence-corrected chi connectivity index (χ3v) is 3.68. The number of hydrogen-bond acceptors (Lipinski definition) is 7. The molecule has 0 unspecified atom stereocenters. The second-order valence-electron chi connectivity index (χ2n) is 4.43. The average molecular weight is 280 g/mol. The summed E-state index contributed by atoms with van der Waals surface area (Å²) in [6.45, 7) is 4.38. The molecular formula is C12H16N4O2S. The minimum Gasteiger partial charge on any atom is -0.397 e. The summed E-state index contributed by atoms with van der Waals surface area (Å²) in [7, 11) is 0. The van der Waals surface area contributed by atoms with Crippen LogP contribution in [0.4, 0.5) is 10.7 Å². The summed E-state index contributed by atoms with van der Waals surface area (Å²) in [5.41, 5.74) is 6.39. The van der Waals surface area contributed by atoms with E-state index in [9.17, 15) is 4.79 Å². The van der Waals surface area contributed by atoms with Crippen LogP contribution in [0.2, 0.25) is 0 Å². The average Bonchev–Trinajstić information content (AvgIpc) is 2.98. The minimum absolute atomic E-state index is 0.0489. The zero-order valence-electron chi connectivity index (χ0n) is 10.8. The van der Waals surface area contributed by atoms with E-state index in [0.717, 1.165) is 5.00 Å². The molecule has 0 aliphatic heterocycles. The van der Waals surface area contributed by atoms with Gasteiger partial charge in [0.15, 0.2) is 12.1 Å². The number of ketones is 1. The summed E-state index contributed by atoms with van der Waals surface area (Å²) in [5.74, 6) is 0.607. The molecule has 102 valence electrons. The number of nitrogens with one attached hydrogen (secondary N) is 1. The third-order valence-electron chi connectivity index (χ3n) is 2.55. The van der Waals surface area contributed by atoms with Gasteiger partial charge >= 0.3 is 0 Å². The molecule has 0 saturated heterocycles. The van der Waals surface area contributed by atoms with Crippen molar-refractivity contribution in [2.75, 3.05) is 17.6 Å². The summed E-state index contributed by atoms with van der Waals surface area (Å²) in [6, 6.07) is 1.79. The van der Waals surface area contributed by atoms with E-state index >= 15 is 0 Å². The Bertz CT molecular complexity index is 548. The van der Waals surface area contributed by atoms with Crippen LogP contribution in [0.5, 0.6) is 0 Å². The molecule has 19 heavy (non-hydrogen) atoms. The highest BCUT2D eigenvalue weighted by Crippen LogP contribution is 2.31. The molecule has 2 aromatic heterocycles. The first-order valence-corrected chi connectivity index (χ1v) is 6.82. The maximum Gasteiger partial charge on any atom is 0.228 e. The first-order valence-electron chi connectivity index (χ1n) is 6.01. The maximum atomic E-state index is 11.9. The lowest BCUT2D eigenvalue weighted by Gasteiger charge is -2.01. The van der Waals surface area contributed by atoms with Crippen molar-refractivity contribution in [2.24, 2.45) is 5.92 Å². The van der Waals surface area contributed by atoms with Gasteiger partial charge in [-0.2, -0.15) is 4.98 Å². The number of Topliss-reactive ketones (excluding diaryl/α,β-unsaturated/α-hetero) is 1. The van der Waals surface area contributed by atoms with E-state index in [4.69, 9.17) is 10.3 Å². The Labute approximate surface area is 115 Å². The molecule has 0 radical (unpaired) electrons. The van der Waals surface area contributed by atoms with Crippen LogP contribution in [-0.2, 0) is 6.42 Å². The van der Waals surface area contributed by atoms with Gasteiger partial charge in [-0.15, -0.1) is 11.3 Å². The number of rotatable bonds is 6. The van der Waals surface area contributed by atoms with Gasteiger partial charge in [-0.1, -0.05) is 19.0 Å². The topological polar surface area (TPSA) is 94.0 Å². The minimum atomic E-state index is -0.0489. The van der Waals surface area contributed by atoms with Gasteiger partial charge in [-0.25, -0.2) is 0 Å². The van der Waals surface area contributed by atoms with E-state index in [-0.39, 0.29) is 11.7 Å². The number of carbonyl (C=O) groups excluding carboxylic acids is 1. The molecule has 0 saturated carbocycles. The Morgan fingerprint density at radius 1 is 1.58 bits per heavy atom. The van der Waals surface area contributed by atoms with Crippen LogP contribution in [0, 0.1) is 5.92 Å². The van der Waals surface area contributed by atoms with E-state index in [0.29, 0.717) is 29.4 Å². The number of thiophene rings is 1. The molecule has 2 rings (SSSR count). The first-order chi connectivity index (χ1) is 9.08. The quantitative estimate of drug-likeness (QED) is 0.788. The molecular weight excluding hydrogens is 264 g/mol. The summed E-state index contributed by atoms with van der Waals surface area (Å²) in [5, 5.41) is 7.61. The Hall–Kier alpha value is -1.89. The second kappa shape index (κ2) is 5.83. The van der Waals surface area contributed by atoms with Gasteiger partial charge in [0.2, 0.25) is 5.89 Å². The molecule has 0 aliphatic carbocycles. The summed E-state index contributed by atoms with van der Waals surface area (Å²) < 4.78 is 4.89. The smallest absolute Gasteiger partial charge is 0.228 e. The lowest BCUT2D eigenvalue weighted by atomic mass is 10.1. The number of nitrogens with two attached hydrogens (primary N) is 1. The van der Waals surface area contributed by atoms with Crippen LogP contribution in [-0.4, -0.2) is 22.5 Å². The molecule has 3 N–H and O–H groups in total. The van der Waals surface area contributed by atoms with Gasteiger partial charge in [0, 0.05) is 18.9 Å². The van der Waals surface area contributed by atoms with Gasteiger partial charge < -0.3 is 15.6 Å². The number of nitrogen functional groups attached to an aromatic ring is 1. The van der Waals surface area contributed by atoms with E-state index in [1.807, 2.05) is 13.8 Å². The highest BCUT2D eigenvalue weighted by atomic mass is 32.1. The largest absolute Gasteiger partial charge is 0.397 e. The fourth-order valence-electron chi connectivity index (χ4n) is 1.55. The van der Waals surface area contributed by atoms with Crippen molar-refractivity contribution >= 4 is 27.8 Å². The predicted octanol–water partition coefficient (Wildman–Crippen LogP) is 2.21. The Kier molecular flexibility index (Phi) is 4.16. The van der Waals surface area contributed by atoms with Crippen LogP contribution < -0.4 is 11.1 Å². The van der Waals surface area contributed by atoms with Gasteiger partial charge in [0.25, 0.3) is 0 Å². The summed E-state index contributed by atoms with van der Waals surface area (Å²) in [4.78, 5) is 16.5. The van der Waals surface area contributed by atoms with Gasteiger partial charge in [-0.3, -0.25) is 4.79 Å². The molecule has 0 bridgehead atoms. The molecule has 2 aromatic rings. The van der Waals surface area contributed by atoms with E-state index in [1.165, 1.54) is 17.7 Å². The van der Waals surface area contributed by atoms with Crippen molar-refractivity contribution in [3.05, 3.63) is 23.2 Å². The fraction of sp³-hybridized carbons (Fsp3) is 0.417. The monoisotopic (exact) mass is 280 g/mol. The molecule has 0 spiro atoms. The Morgan fingerprint density at radius 2 is 2.37 bits per heavy atom. The fourth-order valence-corrected chi connectivity index (χ4v) is 2.64. The molecule has 2 heterocycles. The van der Waals surface area contributed by atoms with E-state index in [2.05, 4.69) is 15.5 Å². The molecule has 0 fully saturated rings.